The van der Waals surface area contributed by atoms with Crippen molar-refractivity contribution in [1.82, 2.24) is 4.90 Å². The van der Waals surface area contributed by atoms with E-state index in [4.69, 9.17) is 16.3 Å². The average molecular weight is 320 g/mol. The molecule has 0 spiro atoms. The highest BCUT2D eigenvalue weighted by molar-refractivity contribution is 6.55. The van der Waals surface area contributed by atoms with Crippen molar-refractivity contribution in [3.63, 3.8) is 0 Å². The number of carbonyl (C=O) groups excluding carboxylic acids is 2. The Hall–Kier alpha value is -2.07. The van der Waals surface area contributed by atoms with Crippen molar-refractivity contribution in [2.75, 3.05) is 13.2 Å². The van der Waals surface area contributed by atoms with Crippen molar-refractivity contribution in [2.24, 2.45) is 5.92 Å². The number of carbonyl (C=O) groups is 2. The molecule has 5 heteroatoms. The first kappa shape index (κ1) is 16.3. The van der Waals surface area contributed by atoms with Gasteiger partial charge in [-0.15, -0.1) is 6.58 Å². The number of hydrogen-bond donors (Lipinski definition) is 0. The lowest BCUT2D eigenvalue weighted by molar-refractivity contribution is -0.135. The van der Waals surface area contributed by atoms with Crippen LogP contribution in [0, 0.1) is 5.92 Å². The van der Waals surface area contributed by atoms with E-state index in [1.807, 2.05) is 0 Å². The zero-order chi connectivity index (χ0) is 16.3. The Kier molecular flexibility index (Phi) is 5.03. The highest BCUT2D eigenvalue weighted by Gasteiger charge is 2.37. The molecule has 1 aliphatic rings. The molecule has 1 aliphatic heterocycles. The fourth-order valence-corrected chi connectivity index (χ4v) is 2.36. The molecular weight excluding hydrogens is 302 g/mol. The molecule has 1 aromatic rings. The van der Waals surface area contributed by atoms with Crippen LogP contribution < -0.4 is 4.74 Å². The van der Waals surface area contributed by atoms with Gasteiger partial charge in [0.2, 0.25) is 0 Å². The fourth-order valence-electron chi connectivity index (χ4n) is 2.07. The van der Waals surface area contributed by atoms with Gasteiger partial charge in [0.05, 0.1) is 12.2 Å². The molecule has 0 unspecified atom stereocenters. The third-order valence-electron chi connectivity index (χ3n) is 3.15. The van der Waals surface area contributed by atoms with Crippen molar-refractivity contribution in [2.45, 2.75) is 13.8 Å². The van der Waals surface area contributed by atoms with Gasteiger partial charge in [-0.1, -0.05) is 43.7 Å². The Bertz CT molecular complexity index is 632. The van der Waals surface area contributed by atoms with Gasteiger partial charge in [-0.05, 0) is 23.6 Å². The van der Waals surface area contributed by atoms with E-state index in [1.54, 1.807) is 24.3 Å². The maximum absolute atomic E-state index is 12.3. The maximum atomic E-state index is 12.3. The van der Waals surface area contributed by atoms with E-state index in [9.17, 15) is 9.59 Å². The molecule has 0 N–H and O–H groups in total. The van der Waals surface area contributed by atoms with Gasteiger partial charge in [0, 0.05) is 6.54 Å². The zero-order valence-corrected chi connectivity index (χ0v) is 13.4. The van der Waals surface area contributed by atoms with Gasteiger partial charge in [-0.3, -0.25) is 14.5 Å². The van der Waals surface area contributed by atoms with Crippen LogP contribution in [0.25, 0.3) is 5.57 Å². The summed E-state index contributed by atoms with van der Waals surface area (Å²) in [5.74, 6) is 0.264. The smallest absolute Gasteiger partial charge is 0.273 e. The Morgan fingerprint density at radius 1 is 1.23 bits per heavy atom. The van der Waals surface area contributed by atoms with Gasteiger partial charge in [-0.25, -0.2) is 0 Å². The van der Waals surface area contributed by atoms with E-state index in [1.165, 1.54) is 6.08 Å². The lowest BCUT2D eigenvalue weighted by Crippen LogP contribution is -2.31. The first-order valence-corrected chi connectivity index (χ1v) is 7.43. The van der Waals surface area contributed by atoms with E-state index in [0.717, 1.165) is 4.90 Å². The summed E-state index contributed by atoms with van der Waals surface area (Å²) in [6.07, 6.45) is 1.49. The van der Waals surface area contributed by atoms with E-state index < -0.39 is 11.8 Å². The van der Waals surface area contributed by atoms with Crippen LogP contribution >= 0.6 is 11.6 Å². The standard InChI is InChI=1S/C17H18ClNO3/c1-4-9-19-16(20)14(15(18)17(19)21)12-5-7-13(8-6-12)22-10-11(2)3/h4-8,11H,1,9-10H2,2-3H3. The second kappa shape index (κ2) is 6.79. The lowest BCUT2D eigenvalue weighted by atomic mass is 10.1. The topological polar surface area (TPSA) is 46.6 Å². The molecule has 1 heterocycles. The van der Waals surface area contributed by atoms with Crippen LogP contribution in [-0.4, -0.2) is 29.9 Å². The molecule has 0 saturated heterocycles. The predicted molar refractivity (Wildman–Crippen MR) is 86.5 cm³/mol. The highest BCUT2D eigenvalue weighted by Crippen LogP contribution is 2.32. The van der Waals surface area contributed by atoms with Crippen LogP contribution in [0.3, 0.4) is 0 Å². The SMILES string of the molecule is C=CCN1C(=O)C(Cl)=C(c2ccc(OCC(C)C)cc2)C1=O. The quantitative estimate of drug-likeness (QED) is 0.597. The number of rotatable bonds is 6. The van der Waals surface area contributed by atoms with E-state index >= 15 is 0 Å². The molecule has 2 rings (SSSR count). The van der Waals surface area contributed by atoms with Crippen molar-refractivity contribution in [3.8, 4) is 5.75 Å². The predicted octanol–water partition coefficient (Wildman–Crippen LogP) is 3.23. The molecule has 1 aromatic carbocycles. The van der Waals surface area contributed by atoms with E-state index in [-0.39, 0.29) is 17.2 Å². The number of hydrogen-bond acceptors (Lipinski definition) is 3. The molecule has 116 valence electrons. The third-order valence-corrected chi connectivity index (χ3v) is 3.50. The van der Waals surface area contributed by atoms with Crippen molar-refractivity contribution >= 4 is 29.0 Å². The summed E-state index contributed by atoms with van der Waals surface area (Å²) in [6, 6.07) is 7.00. The molecule has 0 atom stereocenters. The Balaban J connectivity index is 2.22. The summed E-state index contributed by atoms with van der Waals surface area (Å²) in [5, 5.41) is -0.0531. The summed E-state index contributed by atoms with van der Waals surface area (Å²) >= 11 is 6.03. The average Bonchev–Trinajstić information content (AvgIpc) is 2.70. The second-order valence-electron chi connectivity index (χ2n) is 5.43. The molecule has 0 bridgehead atoms. The largest absolute Gasteiger partial charge is 0.493 e. The van der Waals surface area contributed by atoms with Crippen LogP contribution in [0.15, 0.2) is 42.0 Å². The summed E-state index contributed by atoms with van der Waals surface area (Å²) in [7, 11) is 0. The van der Waals surface area contributed by atoms with Gasteiger partial charge < -0.3 is 4.74 Å². The van der Waals surface area contributed by atoms with E-state index in [2.05, 4.69) is 20.4 Å². The minimum atomic E-state index is -0.485. The van der Waals surface area contributed by atoms with Gasteiger partial charge in [0.15, 0.2) is 0 Å². The van der Waals surface area contributed by atoms with Crippen molar-refractivity contribution in [1.29, 1.82) is 0 Å². The third kappa shape index (κ3) is 3.22. The number of ether oxygens (including phenoxy) is 1. The minimum Gasteiger partial charge on any atom is -0.493 e. The van der Waals surface area contributed by atoms with Crippen molar-refractivity contribution < 1.29 is 14.3 Å². The monoisotopic (exact) mass is 319 g/mol. The molecule has 0 saturated carbocycles. The molecule has 0 fully saturated rings. The zero-order valence-electron chi connectivity index (χ0n) is 12.6. The molecule has 22 heavy (non-hydrogen) atoms. The summed E-state index contributed by atoms with van der Waals surface area (Å²) in [4.78, 5) is 25.4. The molecule has 0 radical (unpaired) electrons. The first-order chi connectivity index (χ1) is 10.5. The molecular formula is C17H18ClNO3. The number of imide groups is 1. The number of amides is 2. The molecule has 0 aromatic heterocycles. The molecule has 2 amide bonds. The second-order valence-corrected chi connectivity index (χ2v) is 5.81. The Labute approximate surface area is 135 Å². The van der Waals surface area contributed by atoms with Gasteiger partial charge in [-0.2, -0.15) is 0 Å². The van der Waals surface area contributed by atoms with Crippen LogP contribution in [-0.2, 0) is 9.59 Å². The van der Waals surface area contributed by atoms with Crippen LogP contribution in [0.5, 0.6) is 5.75 Å². The van der Waals surface area contributed by atoms with Crippen LogP contribution in [0.1, 0.15) is 19.4 Å². The Morgan fingerprint density at radius 3 is 2.41 bits per heavy atom. The van der Waals surface area contributed by atoms with Crippen molar-refractivity contribution in [3.05, 3.63) is 47.5 Å². The Morgan fingerprint density at radius 2 is 1.86 bits per heavy atom. The van der Waals surface area contributed by atoms with Crippen LogP contribution in [0.4, 0.5) is 0 Å². The van der Waals surface area contributed by atoms with E-state index in [0.29, 0.717) is 23.8 Å². The summed E-state index contributed by atoms with van der Waals surface area (Å²) in [5.41, 5.74) is 0.829. The molecule has 4 nitrogen and oxygen atoms in total. The van der Waals surface area contributed by atoms with Gasteiger partial charge >= 0.3 is 0 Å². The summed E-state index contributed by atoms with van der Waals surface area (Å²) < 4.78 is 5.59. The minimum absolute atomic E-state index is 0.0531. The van der Waals surface area contributed by atoms with Crippen LogP contribution in [0.2, 0.25) is 0 Å². The lowest BCUT2D eigenvalue weighted by Gasteiger charge is -2.12. The molecule has 0 aliphatic carbocycles. The summed E-state index contributed by atoms with van der Waals surface area (Å²) in [6.45, 7) is 8.43. The highest BCUT2D eigenvalue weighted by atomic mass is 35.5. The fraction of sp³-hybridized carbons (Fsp3) is 0.294. The normalized spacial score (nSPS) is 15.0. The number of benzene rings is 1. The van der Waals surface area contributed by atoms with Gasteiger partial charge in [0.25, 0.3) is 11.8 Å². The first-order valence-electron chi connectivity index (χ1n) is 7.05. The number of nitrogens with zero attached hydrogens (tertiary/aromatic N) is 1. The van der Waals surface area contributed by atoms with Gasteiger partial charge in [0.1, 0.15) is 10.8 Å². The maximum Gasteiger partial charge on any atom is 0.273 e. The number of halogens is 1.